The molecule has 8 nitrogen and oxygen atoms in total. The predicted octanol–water partition coefficient (Wildman–Crippen LogP) is 2.48. The zero-order valence-electron chi connectivity index (χ0n) is 15.6. The van der Waals surface area contributed by atoms with Crippen LogP contribution < -0.4 is 16.0 Å². The maximum atomic E-state index is 12.4. The maximum absolute atomic E-state index is 12.4. The molecule has 28 heavy (non-hydrogen) atoms. The monoisotopic (exact) mass is 382 g/mol. The normalized spacial score (nSPS) is 15.1. The molecule has 0 saturated carbocycles. The third kappa shape index (κ3) is 3.72. The minimum atomic E-state index is -1.13. The van der Waals surface area contributed by atoms with Gasteiger partial charge in [0.15, 0.2) is 5.58 Å². The van der Waals surface area contributed by atoms with Crippen molar-refractivity contribution < 1.29 is 14.3 Å². The van der Waals surface area contributed by atoms with Gasteiger partial charge in [0.2, 0.25) is 0 Å². The number of piperazine rings is 1. The van der Waals surface area contributed by atoms with Crippen LogP contribution >= 0.6 is 0 Å². The Balaban J connectivity index is 1.65. The average molecular weight is 382 g/mol. The second kappa shape index (κ2) is 7.40. The molecule has 146 valence electrons. The molecule has 3 aromatic rings. The van der Waals surface area contributed by atoms with Gasteiger partial charge in [-0.05, 0) is 42.9 Å². The molecule has 1 aliphatic heterocycles. The van der Waals surface area contributed by atoms with Gasteiger partial charge in [-0.2, -0.15) is 0 Å². The van der Waals surface area contributed by atoms with Crippen LogP contribution in [-0.2, 0) is 6.54 Å². The van der Waals surface area contributed by atoms with Gasteiger partial charge in [-0.15, -0.1) is 0 Å². The molecule has 1 amide bonds. The predicted molar refractivity (Wildman–Crippen MR) is 107 cm³/mol. The Bertz CT molecular complexity index is 1060. The van der Waals surface area contributed by atoms with Gasteiger partial charge in [-0.1, -0.05) is 12.1 Å². The van der Waals surface area contributed by atoms with Crippen molar-refractivity contribution >= 4 is 28.6 Å². The smallest absolute Gasteiger partial charge is 0.420 e. The molecular weight excluding hydrogens is 360 g/mol. The maximum Gasteiger partial charge on any atom is 0.420 e. The van der Waals surface area contributed by atoms with Gasteiger partial charge in [-0.3, -0.25) is 9.88 Å². The van der Waals surface area contributed by atoms with Crippen LogP contribution in [0.25, 0.3) is 11.1 Å². The summed E-state index contributed by atoms with van der Waals surface area (Å²) in [5, 5.41) is 11.2. The van der Waals surface area contributed by atoms with Crippen molar-refractivity contribution in [1.29, 1.82) is 0 Å². The topological polar surface area (TPSA) is 91.0 Å². The number of hydrogen-bond donors (Lipinski definition) is 2. The molecule has 2 N–H and O–H groups in total. The van der Waals surface area contributed by atoms with Crippen LogP contribution in [0.3, 0.4) is 0 Å². The standard InChI is InChI=1S/C20H22N4O4/c1-22-7-9-23(10-8-22)16-5-6-18-17(12-16)24(20(27)28-18)13-14-3-2-4-15(11-14)21-19(25)26/h2-6,11-12,21H,7-10,13H2,1H3,(H,25,26). The molecule has 0 unspecified atom stereocenters. The molecule has 0 spiro atoms. The van der Waals surface area contributed by atoms with Crippen LogP contribution in [0.2, 0.25) is 0 Å². The van der Waals surface area contributed by atoms with Crippen LogP contribution in [0.1, 0.15) is 5.56 Å². The fourth-order valence-electron chi connectivity index (χ4n) is 3.52. The van der Waals surface area contributed by atoms with Crippen LogP contribution in [0.15, 0.2) is 51.7 Å². The highest BCUT2D eigenvalue weighted by Gasteiger charge is 2.17. The summed E-state index contributed by atoms with van der Waals surface area (Å²) in [7, 11) is 2.11. The molecule has 1 fully saturated rings. The zero-order valence-corrected chi connectivity index (χ0v) is 15.6. The fourth-order valence-corrected chi connectivity index (χ4v) is 3.52. The molecule has 0 bridgehead atoms. The van der Waals surface area contributed by atoms with Crippen molar-refractivity contribution in [3.63, 3.8) is 0 Å². The number of nitrogens with one attached hydrogen (secondary N) is 1. The van der Waals surface area contributed by atoms with Gasteiger partial charge in [-0.25, -0.2) is 9.59 Å². The number of benzene rings is 2. The van der Waals surface area contributed by atoms with E-state index in [1.54, 1.807) is 22.8 Å². The summed E-state index contributed by atoms with van der Waals surface area (Å²) in [6.07, 6.45) is -1.13. The summed E-state index contributed by atoms with van der Waals surface area (Å²) in [5.74, 6) is -0.429. The molecule has 2 aromatic carbocycles. The number of amides is 1. The summed E-state index contributed by atoms with van der Waals surface area (Å²) in [6.45, 7) is 4.17. The lowest BCUT2D eigenvalue weighted by molar-refractivity contribution is 0.209. The summed E-state index contributed by atoms with van der Waals surface area (Å²) in [4.78, 5) is 27.8. The van der Waals surface area contributed by atoms with Gasteiger partial charge in [0.25, 0.3) is 0 Å². The van der Waals surface area contributed by atoms with Gasteiger partial charge in [0.05, 0.1) is 12.1 Å². The highest BCUT2D eigenvalue weighted by Crippen LogP contribution is 2.23. The molecule has 4 rings (SSSR count). The number of nitrogens with zero attached hydrogens (tertiary/aromatic N) is 3. The third-order valence-corrected chi connectivity index (χ3v) is 5.04. The van der Waals surface area contributed by atoms with Crippen molar-refractivity contribution in [2.45, 2.75) is 6.54 Å². The number of hydrogen-bond acceptors (Lipinski definition) is 5. The highest BCUT2D eigenvalue weighted by atomic mass is 16.4. The number of rotatable bonds is 4. The minimum absolute atomic E-state index is 0.299. The lowest BCUT2D eigenvalue weighted by Gasteiger charge is -2.34. The molecule has 0 aliphatic carbocycles. The number of oxazole rings is 1. The fraction of sp³-hybridized carbons (Fsp3) is 0.300. The number of carbonyl (C=O) groups is 1. The second-order valence-electron chi connectivity index (χ2n) is 7.03. The van der Waals surface area contributed by atoms with E-state index in [-0.39, 0.29) is 0 Å². The van der Waals surface area contributed by atoms with Crippen molar-refractivity contribution in [3.8, 4) is 0 Å². The Morgan fingerprint density at radius 3 is 2.68 bits per heavy atom. The van der Waals surface area contributed by atoms with Crippen LogP contribution in [0.4, 0.5) is 16.2 Å². The zero-order chi connectivity index (χ0) is 19.7. The van der Waals surface area contributed by atoms with Crippen LogP contribution in [0, 0.1) is 0 Å². The van der Waals surface area contributed by atoms with E-state index in [4.69, 9.17) is 9.52 Å². The van der Waals surface area contributed by atoms with Gasteiger partial charge in [0.1, 0.15) is 0 Å². The first-order valence-corrected chi connectivity index (χ1v) is 9.15. The summed E-state index contributed by atoms with van der Waals surface area (Å²) >= 11 is 0. The van der Waals surface area contributed by atoms with Crippen molar-refractivity contribution in [2.24, 2.45) is 0 Å². The Labute approximate surface area is 161 Å². The first-order valence-electron chi connectivity index (χ1n) is 9.15. The first kappa shape index (κ1) is 18.1. The van der Waals surface area contributed by atoms with E-state index < -0.39 is 11.8 Å². The number of fused-ring (bicyclic) bond motifs is 1. The summed E-state index contributed by atoms with van der Waals surface area (Å²) in [6, 6.07) is 12.8. The summed E-state index contributed by atoms with van der Waals surface area (Å²) < 4.78 is 6.97. The van der Waals surface area contributed by atoms with E-state index in [9.17, 15) is 9.59 Å². The van der Waals surface area contributed by atoms with E-state index in [2.05, 4.69) is 22.2 Å². The summed E-state index contributed by atoms with van der Waals surface area (Å²) in [5.41, 5.74) is 3.61. The SMILES string of the molecule is CN1CCN(c2ccc3oc(=O)n(Cc4cccc(NC(=O)O)c4)c3c2)CC1. The molecule has 0 radical (unpaired) electrons. The van der Waals surface area contributed by atoms with Crippen LogP contribution in [0.5, 0.6) is 0 Å². The average Bonchev–Trinajstić information content (AvgIpc) is 2.97. The number of aromatic nitrogens is 1. The van der Waals surface area contributed by atoms with Crippen molar-refractivity contribution in [3.05, 3.63) is 58.6 Å². The lowest BCUT2D eigenvalue weighted by Crippen LogP contribution is -2.44. The van der Waals surface area contributed by atoms with E-state index >= 15 is 0 Å². The van der Waals surface area contributed by atoms with E-state index in [0.717, 1.165) is 42.9 Å². The Morgan fingerprint density at radius 1 is 1.14 bits per heavy atom. The minimum Gasteiger partial charge on any atom is -0.465 e. The molecular formula is C20H22N4O4. The van der Waals surface area contributed by atoms with Crippen molar-refractivity contribution in [2.75, 3.05) is 43.4 Å². The van der Waals surface area contributed by atoms with E-state index in [0.29, 0.717) is 17.8 Å². The van der Waals surface area contributed by atoms with Crippen LogP contribution in [-0.4, -0.2) is 53.9 Å². The second-order valence-corrected chi connectivity index (χ2v) is 7.03. The molecule has 1 saturated heterocycles. The molecule has 2 heterocycles. The Morgan fingerprint density at radius 2 is 1.93 bits per heavy atom. The quantitative estimate of drug-likeness (QED) is 0.720. The Kier molecular flexibility index (Phi) is 4.79. The van der Waals surface area contributed by atoms with Gasteiger partial charge >= 0.3 is 11.8 Å². The molecule has 0 atom stereocenters. The molecule has 1 aromatic heterocycles. The van der Waals surface area contributed by atoms with Gasteiger partial charge < -0.3 is 19.3 Å². The number of anilines is 2. The number of carboxylic acid groups (broad SMARTS) is 1. The van der Waals surface area contributed by atoms with Gasteiger partial charge in [0, 0.05) is 37.6 Å². The molecule has 1 aliphatic rings. The largest absolute Gasteiger partial charge is 0.465 e. The first-order chi connectivity index (χ1) is 13.5. The third-order valence-electron chi connectivity index (χ3n) is 5.04. The highest BCUT2D eigenvalue weighted by molar-refractivity contribution is 5.83. The lowest BCUT2D eigenvalue weighted by atomic mass is 10.2. The molecule has 8 heteroatoms. The number of likely N-dealkylation sites (N-methyl/N-ethyl adjacent to an activating group) is 1. The van der Waals surface area contributed by atoms with E-state index in [1.165, 1.54) is 0 Å². The van der Waals surface area contributed by atoms with E-state index in [1.807, 2.05) is 24.3 Å². The Hall–Kier alpha value is -3.26. The van der Waals surface area contributed by atoms with Crippen molar-refractivity contribution in [1.82, 2.24) is 9.47 Å².